The number of ether oxygens (including phenoxy) is 1. The van der Waals surface area contributed by atoms with E-state index in [1.54, 1.807) is 0 Å². The van der Waals surface area contributed by atoms with Gasteiger partial charge in [-0.05, 0) is 12.0 Å². The molecule has 1 saturated heterocycles. The van der Waals surface area contributed by atoms with E-state index in [9.17, 15) is 0 Å². The van der Waals surface area contributed by atoms with Crippen LogP contribution < -0.4 is 5.32 Å². The van der Waals surface area contributed by atoms with Crippen molar-refractivity contribution in [1.29, 1.82) is 0 Å². The summed E-state index contributed by atoms with van der Waals surface area (Å²) in [5.74, 6) is 2.19. The molecule has 4 nitrogen and oxygen atoms in total. The standard InChI is InChI=1S/C17H27N3OS.HI/c1-3-16-13-20(10-12-22-16)17(18-2)19-9-11-21-14-15-7-5-4-6-8-15;/h4-8,16H,3,9-14H2,1-2H3,(H,18,19);1H. The minimum atomic E-state index is 0. The highest BCUT2D eigenvalue weighted by Crippen LogP contribution is 2.20. The Kier molecular flexibility index (Phi) is 10.7. The molecule has 0 radical (unpaired) electrons. The average Bonchev–Trinajstić information content (AvgIpc) is 2.59. The SMILES string of the molecule is CCC1CN(C(=NC)NCCOCc2ccccc2)CCS1.I. The molecule has 2 rings (SSSR count). The first-order valence-corrected chi connectivity index (χ1v) is 9.07. The molecule has 6 heteroatoms. The fourth-order valence-electron chi connectivity index (χ4n) is 2.49. The number of rotatable bonds is 6. The van der Waals surface area contributed by atoms with Gasteiger partial charge in [0.25, 0.3) is 0 Å². The second kappa shape index (κ2) is 12.0. The molecule has 1 atom stereocenters. The summed E-state index contributed by atoms with van der Waals surface area (Å²) in [5, 5.41) is 4.14. The number of thioether (sulfide) groups is 1. The normalized spacial score (nSPS) is 18.4. The predicted octanol–water partition coefficient (Wildman–Crippen LogP) is 3.22. The number of nitrogens with one attached hydrogen (secondary N) is 1. The van der Waals surface area contributed by atoms with Gasteiger partial charge in [0, 0.05) is 37.7 Å². The van der Waals surface area contributed by atoms with E-state index in [0.717, 1.165) is 30.8 Å². The van der Waals surface area contributed by atoms with Crippen LogP contribution in [0.3, 0.4) is 0 Å². The van der Waals surface area contributed by atoms with E-state index in [-0.39, 0.29) is 24.0 Å². The summed E-state index contributed by atoms with van der Waals surface area (Å²) in [7, 11) is 1.86. The third-order valence-corrected chi connectivity index (χ3v) is 5.12. The van der Waals surface area contributed by atoms with Crippen molar-refractivity contribution in [1.82, 2.24) is 10.2 Å². The maximum atomic E-state index is 5.70. The summed E-state index contributed by atoms with van der Waals surface area (Å²) < 4.78 is 5.70. The van der Waals surface area contributed by atoms with Gasteiger partial charge in [0.1, 0.15) is 0 Å². The quantitative estimate of drug-likeness (QED) is 0.313. The van der Waals surface area contributed by atoms with Gasteiger partial charge >= 0.3 is 0 Å². The third kappa shape index (κ3) is 7.30. The Balaban J connectivity index is 0.00000264. The van der Waals surface area contributed by atoms with Crippen molar-refractivity contribution in [2.75, 3.05) is 39.0 Å². The second-order valence-corrected chi connectivity index (χ2v) is 6.77. The summed E-state index contributed by atoms with van der Waals surface area (Å²) in [6.07, 6.45) is 1.22. The molecular weight excluding hydrogens is 421 g/mol. The summed E-state index contributed by atoms with van der Waals surface area (Å²) >= 11 is 2.08. The van der Waals surface area contributed by atoms with E-state index < -0.39 is 0 Å². The van der Waals surface area contributed by atoms with Crippen LogP contribution in [0.5, 0.6) is 0 Å². The van der Waals surface area contributed by atoms with Crippen molar-refractivity contribution in [3.05, 3.63) is 35.9 Å². The molecule has 1 N–H and O–H groups in total. The topological polar surface area (TPSA) is 36.9 Å². The number of benzene rings is 1. The van der Waals surface area contributed by atoms with Crippen molar-refractivity contribution >= 4 is 41.7 Å². The first-order chi connectivity index (χ1) is 10.8. The Labute approximate surface area is 161 Å². The van der Waals surface area contributed by atoms with Gasteiger partial charge in [0.15, 0.2) is 5.96 Å². The maximum Gasteiger partial charge on any atom is 0.193 e. The number of halogens is 1. The summed E-state index contributed by atoms with van der Waals surface area (Å²) in [6.45, 7) is 6.57. The van der Waals surface area contributed by atoms with Crippen LogP contribution in [0.15, 0.2) is 35.3 Å². The Morgan fingerprint density at radius 2 is 2.17 bits per heavy atom. The van der Waals surface area contributed by atoms with Gasteiger partial charge in [-0.25, -0.2) is 0 Å². The third-order valence-electron chi connectivity index (χ3n) is 3.75. The molecule has 1 heterocycles. The number of nitrogens with zero attached hydrogens (tertiary/aromatic N) is 2. The van der Waals surface area contributed by atoms with Crippen LogP contribution in [0.1, 0.15) is 18.9 Å². The number of hydrogen-bond acceptors (Lipinski definition) is 3. The van der Waals surface area contributed by atoms with Gasteiger partial charge in [-0.1, -0.05) is 37.3 Å². The molecule has 0 spiro atoms. The highest BCUT2D eigenvalue weighted by atomic mass is 127. The Bertz CT molecular complexity index is 458. The molecule has 1 aliphatic heterocycles. The summed E-state index contributed by atoms with van der Waals surface area (Å²) in [4.78, 5) is 6.77. The zero-order valence-corrected chi connectivity index (χ0v) is 17.2. The lowest BCUT2D eigenvalue weighted by Crippen LogP contribution is -2.48. The van der Waals surface area contributed by atoms with Gasteiger partial charge in [-0.2, -0.15) is 11.8 Å². The molecule has 0 amide bonds. The fourth-order valence-corrected chi connectivity index (χ4v) is 3.67. The van der Waals surface area contributed by atoms with Crippen LogP contribution in [-0.2, 0) is 11.3 Å². The van der Waals surface area contributed by atoms with Crippen LogP contribution in [0.2, 0.25) is 0 Å². The maximum absolute atomic E-state index is 5.70. The van der Waals surface area contributed by atoms with Crippen LogP contribution in [0, 0.1) is 0 Å². The zero-order valence-electron chi connectivity index (χ0n) is 14.0. The molecule has 0 saturated carbocycles. The monoisotopic (exact) mass is 449 g/mol. The van der Waals surface area contributed by atoms with Crippen LogP contribution in [-0.4, -0.2) is 55.2 Å². The number of aliphatic imine (C=N–C) groups is 1. The fraction of sp³-hybridized carbons (Fsp3) is 0.588. The van der Waals surface area contributed by atoms with Crippen molar-refractivity contribution in [3.63, 3.8) is 0 Å². The van der Waals surface area contributed by atoms with E-state index in [2.05, 4.69) is 46.0 Å². The summed E-state index contributed by atoms with van der Waals surface area (Å²) in [6, 6.07) is 10.3. The first-order valence-electron chi connectivity index (χ1n) is 8.02. The Morgan fingerprint density at radius 1 is 1.39 bits per heavy atom. The molecule has 1 aromatic rings. The summed E-state index contributed by atoms with van der Waals surface area (Å²) in [5.41, 5.74) is 1.21. The molecule has 0 bridgehead atoms. The largest absolute Gasteiger partial charge is 0.375 e. The Morgan fingerprint density at radius 3 is 2.87 bits per heavy atom. The lowest BCUT2D eigenvalue weighted by atomic mass is 10.2. The predicted molar refractivity (Wildman–Crippen MR) is 111 cm³/mol. The van der Waals surface area contributed by atoms with Crippen molar-refractivity contribution in [3.8, 4) is 0 Å². The van der Waals surface area contributed by atoms with Crippen molar-refractivity contribution in [2.24, 2.45) is 4.99 Å². The van der Waals surface area contributed by atoms with Crippen molar-refractivity contribution < 1.29 is 4.74 Å². The lowest BCUT2D eigenvalue weighted by Gasteiger charge is -2.34. The zero-order chi connectivity index (χ0) is 15.6. The molecule has 0 aliphatic carbocycles. The van der Waals surface area contributed by atoms with E-state index in [1.807, 2.05) is 25.2 Å². The molecule has 1 aliphatic rings. The average molecular weight is 449 g/mol. The minimum absolute atomic E-state index is 0. The first kappa shape index (κ1) is 20.6. The molecule has 23 heavy (non-hydrogen) atoms. The van der Waals surface area contributed by atoms with Gasteiger partial charge < -0.3 is 15.0 Å². The highest BCUT2D eigenvalue weighted by Gasteiger charge is 2.21. The van der Waals surface area contributed by atoms with E-state index >= 15 is 0 Å². The number of guanidine groups is 1. The van der Waals surface area contributed by atoms with Crippen LogP contribution >= 0.6 is 35.7 Å². The van der Waals surface area contributed by atoms with Crippen LogP contribution in [0.4, 0.5) is 0 Å². The van der Waals surface area contributed by atoms with E-state index in [4.69, 9.17) is 4.74 Å². The van der Waals surface area contributed by atoms with Crippen molar-refractivity contribution in [2.45, 2.75) is 25.2 Å². The van der Waals surface area contributed by atoms with E-state index in [1.165, 1.54) is 17.7 Å². The van der Waals surface area contributed by atoms with E-state index in [0.29, 0.717) is 13.2 Å². The smallest absolute Gasteiger partial charge is 0.193 e. The molecule has 0 aromatic heterocycles. The van der Waals surface area contributed by atoms with Gasteiger partial charge in [0.2, 0.25) is 0 Å². The molecule has 1 aromatic carbocycles. The van der Waals surface area contributed by atoms with Crippen LogP contribution in [0.25, 0.3) is 0 Å². The van der Waals surface area contributed by atoms with Gasteiger partial charge in [-0.3, -0.25) is 4.99 Å². The minimum Gasteiger partial charge on any atom is -0.375 e. The van der Waals surface area contributed by atoms with Gasteiger partial charge in [-0.15, -0.1) is 24.0 Å². The molecule has 1 unspecified atom stereocenters. The molecule has 1 fully saturated rings. The number of hydrogen-bond donors (Lipinski definition) is 1. The second-order valence-electron chi connectivity index (χ2n) is 5.36. The highest BCUT2D eigenvalue weighted by molar-refractivity contribution is 14.0. The van der Waals surface area contributed by atoms with Gasteiger partial charge in [0.05, 0.1) is 13.2 Å². The Hall–Kier alpha value is -0.470. The molecular formula is C17H28IN3OS. The lowest BCUT2D eigenvalue weighted by molar-refractivity contribution is 0.125. The molecule has 130 valence electrons.